The van der Waals surface area contributed by atoms with E-state index in [-0.39, 0.29) is 0 Å². The number of hydrogen-bond acceptors (Lipinski definition) is 2. The summed E-state index contributed by atoms with van der Waals surface area (Å²) in [5.41, 5.74) is 2.95. The summed E-state index contributed by atoms with van der Waals surface area (Å²) in [6, 6.07) is 9.49. The van der Waals surface area contributed by atoms with Gasteiger partial charge in [-0.1, -0.05) is 31.2 Å². The lowest BCUT2D eigenvalue weighted by molar-refractivity contribution is 0.556. The van der Waals surface area contributed by atoms with Crippen LogP contribution in [0.3, 0.4) is 0 Å². The van der Waals surface area contributed by atoms with E-state index >= 15 is 0 Å². The van der Waals surface area contributed by atoms with Crippen molar-refractivity contribution in [1.29, 1.82) is 0 Å². The number of aryl methyl sites for hydroxylation is 1. The Morgan fingerprint density at radius 2 is 2.13 bits per heavy atom. The highest BCUT2D eigenvalue weighted by Gasteiger charge is 2.14. The van der Waals surface area contributed by atoms with Crippen LogP contribution in [-0.2, 0) is 13.0 Å². The molecular formula is C13H19NS. The summed E-state index contributed by atoms with van der Waals surface area (Å²) >= 11 is 2.06. The Labute approximate surface area is 96.7 Å². The molecule has 1 unspecified atom stereocenters. The van der Waals surface area contributed by atoms with E-state index in [0.717, 1.165) is 19.0 Å². The standard InChI is InChI=1S/C13H19NS/c1-2-11-5-3-4-6-12(11)9-14-13-7-8-15-10-13/h3-6,13-14H,2,7-10H2,1H3. The maximum Gasteiger partial charge on any atom is 0.0211 e. The lowest BCUT2D eigenvalue weighted by atomic mass is 10.1. The van der Waals surface area contributed by atoms with Crippen LogP contribution in [0.15, 0.2) is 24.3 Å². The van der Waals surface area contributed by atoms with E-state index in [0.29, 0.717) is 0 Å². The number of benzene rings is 1. The van der Waals surface area contributed by atoms with E-state index in [2.05, 4.69) is 48.3 Å². The third-order valence-corrected chi connectivity index (χ3v) is 4.17. The molecule has 0 radical (unpaired) electrons. The molecule has 0 aromatic heterocycles. The molecule has 1 fully saturated rings. The molecule has 1 aliphatic heterocycles. The molecule has 1 heterocycles. The van der Waals surface area contributed by atoms with Crippen LogP contribution in [-0.4, -0.2) is 17.5 Å². The largest absolute Gasteiger partial charge is 0.309 e. The average molecular weight is 221 g/mol. The molecule has 2 heteroatoms. The van der Waals surface area contributed by atoms with Gasteiger partial charge in [0.25, 0.3) is 0 Å². The first-order valence-electron chi connectivity index (χ1n) is 5.78. The van der Waals surface area contributed by atoms with Gasteiger partial charge in [-0.2, -0.15) is 11.8 Å². The van der Waals surface area contributed by atoms with Crippen molar-refractivity contribution in [3.05, 3.63) is 35.4 Å². The Kier molecular flexibility index (Phi) is 4.09. The van der Waals surface area contributed by atoms with E-state index in [9.17, 15) is 0 Å². The molecule has 15 heavy (non-hydrogen) atoms. The van der Waals surface area contributed by atoms with Crippen molar-refractivity contribution < 1.29 is 0 Å². The van der Waals surface area contributed by atoms with Crippen LogP contribution in [0.4, 0.5) is 0 Å². The molecule has 1 aromatic carbocycles. The molecule has 0 amide bonds. The summed E-state index contributed by atoms with van der Waals surface area (Å²) in [4.78, 5) is 0. The molecule has 0 aliphatic carbocycles. The fourth-order valence-corrected chi connectivity index (χ4v) is 3.21. The maximum absolute atomic E-state index is 3.65. The zero-order valence-corrected chi connectivity index (χ0v) is 10.1. The fraction of sp³-hybridized carbons (Fsp3) is 0.538. The number of nitrogens with one attached hydrogen (secondary N) is 1. The molecule has 1 N–H and O–H groups in total. The lowest BCUT2D eigenvalue weighted by Crippen LogP contribution is -2.28. The zero-order valence-electron chi connectivity index (χ0n) is 9.33. The summed E-state index contributed by atoms with van der Waals surface area (Å²) < 4.78 is 0. The molecule has 1 saturated heterocycles. The Balaban J connectivity index is 1.91. The second-order valence-electron chi connectivity index (χ2n) is 4.06. The molecule has 1 aliphatic rings. The molecular weight excluding hydrogens is 202 g/mol. The second kappa shape index (κ2) is 5.57. The normalized spacial score (nSPS) is 20.7. The zero-order chi connectivity index (χ0) is 10.5. The first-order valence-corrected chi connectivity index (χ1v) is 6.93. The van der Waals surface area contributed by atoms with Crippen molar-refractivity contribution in [2.45, 2.75) is 32.4 Å². The number of thioether (sulfide) groups is 1. The van der Waals surface area contributed by atoms with Gasteiger partial charge in [0, 0.05) is 18.3 Å². The van der Waals surface area contributed by atoms with Crippen LogP contribution < -0.4 is 5.32 Å². The summed E-state index contributed by atoms with van der Waals surface area (Å²) in [5.74, 6) is 2.61. The van der Waals surface area contributed by atoms with E-state index in [1.165, 1.54) is 29.1 Å². The first-order chi connectivity index (χ1) is 7.40. The van der Waals surface area contributed by atoms with Crippen molar-refractivity contribution in [3.63, 3.8) is 0 Å². The molecule has 82 valence electrons. The van der Waals surface area contributed by atoms with Gasteiger partial charge in [-0.15, -0.1) is 0 Å². The topological polar surface area (TPSA) is 12.0 Å². The van der Waals surface area contributed by atoms with E-state index in [1.807, 2.05) is 0 Å². The maximum atomic E-state index is 3.65. The molecule has 1 nitrogen and oxygen atoms in total. The predicted molar refractivity (Wildman–Crippen MR) is 68.4 cm³/mol. The van der Waals surface area contributed by atoms with Gasteiger partial charge in [-0.05, 0) is 29.7 Å². The number of rotatable bonds is 4. The Morgan fingerprint density at radius 1 is 1.33 bits per heavy atom. The summed E-state index contributed by atoms with van der Waals surface area (Å²) in [6.45, 7) is 3.26. The van der Waals surface area contributed by atoms with Gasteiger partial charge in [0.2, 0.25) is 0 Å². The highest BCUT2D eigenvalue weighted by molar-refractivity contribution is 7.99. The Hall–Kier alpha value is -0.470. The average Bonchev–Trinajstić information content (AvgIpc) is 2.79. The van der Waals surface area contributed by atoms with Gasteiger partial charge in [-0.3, -0.25) is 0 Å². The Bertz CT molecular complexity index is 305. The highest BCUT2D eigenvalue weighted by Crippen LogP contribution is 2.18. The molecule has 0 bridgehead atoms. The second-order valence-corrected chi connectivity index (χ2v) is 5.21. The minimum Gasteiger partial charge on any atom is -0.309 e. The van der Waals surface area contributed by atoms with Crippen LogP contribution in [0.2, 0.25) is 0 Å². The quantitative estimate of drug-likeness (QED) is 0.839. The van der Waals surface area contributed by atoms with Crippen molar-refractivity contribution in [1.82, 2.24) is 5.32 Å². The summed E-state index contributed by atoms with van der Waals surface area (Å²) in [6.07, 6.45) is 2.47. The van der Waals surface area contributed by atoms with Gasteiger partial charge in [0.05, 0.1) is 0 Å². The third kappa shape index (κ3) is 2.99. The van der Waals surface area contributed by atoms with Crippen LogP contribution in [0.1, 0.15) is 24.5 Å². The van der Waals surface area contributed by atoms with Crippen LogP contribution in [0.5, 0.6) is 0 Å². The number of hydrogen-bond donors (Lipinski definition) is 1. The van der Waals surface area contributed by atoms with Crippen LogP contribution in [0, 0.1) is 0 Å². The summed E-state index contributed by atoms with van der Waals surface area (Å²) in [7, 11) is 0. The van der Waals surface area contributed by atoms with Crippen molar-refractivity contribution >= 4 is 11.8 Å². The fourth-order valence-electron chi connectivity index (χ4n) is 2.02. The molecule has 1 atom stereocenters. The Morgan fingerprint density at radius 3 is 2.80 bits per heavy atom. The van der Waals surface area contributed by atoms with E-state index in [1.54, 1.807) is 0 Å². The molecule has 2 rings (SSSR count). The lowest BCUT2D eigenvalue weighted by Gasteiger charge is -2.13. The minimum absolute atomic E-state index is 0.736. The summed E-state index contributed by atoms with van der Waals surface area (Å²) in [5, 5.41) is 3.65. The smallest absolute Gasteiger partial charge is 0.0211 e. The monoisotopic (exact) mass is 221 g/mol. The molecule has 0 saturated carbocycles. The minimum atomic E-state index is 0.736. The molecule has 0 spiro atoms. The van der Waals surface area contributed by atoms with Gasteiger partial charge in [-0.25, -0.2) is 0 Å². The van der Waals surface area contributed by atoms with Gasteiger partial charge in [0.1, 0.15) is 0 Å². The van der Waals surface area contributed by atoms with Gasteiger partial charge < -0.3 is 5.32 Å². The first kappa shape index (κ1) is 11.0. The van der Waals surface area contributed by atoms with E-state index < -0.39 is 0 Å². The van der Waals surface area contributed by atoms with E-state index in [4.69, 9.17) is 0 Å². The van der Waals surface area contributed by atoms with Crippen LogP contribution >= 0.6 is 11.8 Å². The van der Waals surface area contributed by atoms with Gasteiger partial charge in [0.15, 0.2) is 0 Å². The SMILES string of the molecule is CCc1ccccc1CNC1CCSC1. The predicted octanol–water partition coefficient (Wildman–Crippen LogP) is 2.84. The molecule has 1 aromatic rings. The van der Waals surface area contributed by atoms with Gasteiger partial charge >= 0.3 is 0 Å². The highest BCUT2D eigenvalue weighted by atomic mass is 32.2. The van der Waals surface area contributed by atoms with Crippen molar-refractivity contribution in [2.24, 2.45) is 0 Å². The van der Waals surface area contributed by atoms with Crippen molar-refractivity contribution in [2.75, 3.05) is 11.5 Å². The third-order valence-electron chi connectivity index (χ3n) is 3.01. The van der Waals surface area contributed by atoms with Crippen molar-refractivity contribution in [3.8, 4) is 0 Å². The van der Waals surface area contributed by atoms with Crippen LogP contribution in [0.25, 0.3) is 0 Å².